The van der Waals surface area contributed by atoms with Crippen LogP contribution in [-0.2, 0) is 4.79 Å². The second-order valence-corrected chi connectivity index (χ2v) is 11.4. The molecule has 1 fully saturated rings. The molecule has 206 valence electrons. The van der Waals surface area contributed by atoms with Gasteiger partial charge in [0.05, 0.1) is 17.8 Å². The van der Waals surface area contributed by atoms with Crippen molar-refractivity contribution in [2.24, 2.45) is 5.92 Å². The number of thiocarbonyl (C=S) groups is 1. The summed E-state index contributed by atoms with van der Waals surface area (Å²) in [5.74, 6) is -0.0913. The summed E-state index contributed by atoms with van der Waals surface area (Å²) in [5, 5.41) is 7.27. The summed E-state index contributed by atoms with van der Waals surface area (Å²) in [6.07, 6.45) is 1.83. The Morgan fingerprint density at radius 3 is 2.42 bits per heavy atom. The van der Waals surface area contributed by atoms with Crippen LogP contribution in [0.3, 0.4) is 0 Å². The molecule has 5 rings (SSSR count). The Kier molecular flexibility index (Phi) is 7.51. The number of pyridine rings is 1. The Balaban J connectivity index is 1.64. The molecule has 0 radical (unpaired) electrons. The Morgan fingerprint density at radius 1 is 0.975 bits per heavy atom. The van der Waals surface area contributed by atoms with E-state index in [0.29, 0.717) is 5.11 Å². The second-order valence-electron chi connectivity index (χ2n) is 11.0. The van der Waals surface area contributed by atoms with E-state index in [-0.39, 0.29) is 23.9 Å². The van der Waals surface area contributed by atoms with Gasteiger partial charge in [-0.1, -0.05) is 32.0 Å². The van der Waals surface area contributed by atoms with Crippen molar-refractivity contribution in [2.75, 3.05) is 10.2 Å². The average molecular weight is 552 g/mol. The van der Waals surface area contributed by atoms with E-state index in [2.05, 4.69) is 84.2 Å². The molecule has 2 N–H and O–H groups in total. The van der Waals surface area contributed by atoms with E-state index < -0.39 is 0 Å². The van der Waals surface area contributed by atoms with Gasteiger partial charge in [0.2, 0.25) is 5.91 Å². The third-order valence-electron chi connectivity index (χ3n) is 7.97. The number of aryl methyl sites for hydroxylation is 3. The van der Waals surface area contributed by atoms with Gasteiger partial charge < -0.3 is 20.1 Å². The molecule has 0 bridgehead atoms. The van der Waals surface area contributed by atoms with Gasteiger partial charge in [-0.2, -0.15) is 0 Å². The van der Waals surface area contributed by atoms with Crippen LogP contribution in [0.2, 0.25) is 0 Å². The number of nitrogens with zero attached hydrogens (tertiary/aromatic N) is 3. The minimum Gasteiger partial charge on any atom is -0.351 e. The monoisotopic (exact) mass is 551 g/mol. The third kappa shape index (κ3) is 4.90. The fourth-order valence-electron chi connectivity index (χ4n) is 5.60. The molecule has 2 atom stereocenters. The number of anilines is 2. The molecule has 4 aromatic rings. The van der Waals surface area contributed by atoms with Crippen LogP contribution in [0.15, 0.2) is 66.9 Å². The zero-order chi connectivity index (χ0) is 28.7. The molecular weight excluding hydrogens is 514 g/mol. The molecule has 1 aliphatic rings. The summed E-state index contributed by atoms with van der Waals surface area (Å²) in [6, 6.07) is 20.6. The lowest BCUT2D eigenvalue weighted by atomic mass is 9.96. The van der Waals surface area contributed by atoms with Gasteiger partial charge >= 0.3 is 0 Å². The van der Waals surface area contributed by atoms with Crippen LogP contribution in [0, 0.1) is 40.5 Å². The lowest BCUT2D eigenvalue weighted by Crippen LogP contribution is -2.29. The summed E-state index contributed by atoms with van der Waals surface area (Å²) >= 11 is 5.98. The number of carbonyl (C=O) groups excluding carboxylic acids is 1. The van der Waals surface area contributed by atoms with E-state index in [1.54, 1.807) is 0 Å². The second kappa shape index (κ2) is 10.9. The molecule has 6 nitrogen and oxygen atoms in total. The van der Waals surface area contributed by atoms with Crippen LogP contribution in [0.1, 0.15) is 65.3 Å². The molecule has 1 saturated heterocycles. The quantitative estimate of drug-likeness (QED) is 0.249. The molecule has 3 heterocycles. The van der Waals surface area contributed by atoms with E-state index in [9.17, 15) is 4.79 Å². The molecule has 0 aliphatic carbocycles. The summed E-state index contributed by atoms with van der Waals surface area (Å²) < 4.78 is 2.35. The maximum atomic E-state index is 12.4. The van der Waals surface area contributed by atoms with Crippen molar-refractivity contribution < 1.29 is 4.79 Å². The van der Waals surface area contributed by atoms with Gasteiger partial charge in [0.25, 0.3) is 0 Å². The first-order valence-corrected chi connectivity index (χ1v) is 14.2. The van der Waals surface area contributed by atoms with Gasteiger partial charge in [-0.05, 0) is 112 Å². The largest absolute Gasteiger partial charge is 0.351 e. The van der Waals surface area contributed by atoms with Crippen LogP contribution >= 0.6 is 12.2 Å². The topological polar surface area (TPSA) is 62.2 Å². The molecule has 2 aromatic carbocycles. The number of nitrogens with one attached hydrogen (secondary N) is 2. The number of aromatic nitrogens is 2. The highest BCUT2D eigenvalue weighted by Gasteiger charge is 2.42. The highest BCUT2D eigenvalue weighted by molar-refractivity contribution is 7.80. The van der Waals surface area contributed by atoms with Gasteiger partial charge in [0.15, 0.2) is 5.11 Å². The molecule has 40 heavy (non-hydrogen) atoms. The van der Waals surface area contributed by atoms with Crippen LogP contribution in [-0.4, -0.2) is 20.6 Å². The zero-order valence-electron chi connectivity index (χ0n) is 24.2. The fourth-order valence-corrected chi connectivity index (χ4v) is 5.95. The van der Waals surface area contributed by atoms with Crippen molar-refractivity contribution in [1.82, 2.24) is 14.9 Å². The smallest absolute Gasteiger partial charge is 0.226 e. The molecule has 2 aromatic heterocycles. The molecule has 0 spiro atoms. The van der Waals surface area contributed by atoms with Crippen LogP contribution in [0.25, 0.3) is 5.69 Å². The standard InChI is InChI=1S/C33H37N5OS/c1-19(2)32(39)35-27-15-14-25(17-21(27)4)38-31(30(36-33(38)40)28-12-8-9-16-34-28)26-18-22(5)37(24(26)7)29-13-10-11-20(3)23(29)6/h8-19,30-31H,1-7H3,(H,35,39)(H,36,40)/t30-,31+/m0/s1. The van der Waals surface area contributed by atoms with Crippen molar-refractivity contribution in [2.45, 2.75) is 60.5 Å². The van der Waals surface area contributed by atoms with Crippen molar-refractivity contribution in [3.05, 3.63) is 106 Å². The number of amides is 1. The van der Waals surface area contributed by atoms with Crippen molar-refractivity contribution in [3.8, 4) is 5.69 Å². The fraction of sp³-hybridized carbons (Fsp3) is 0.303. The Bertz CT molecular complexity index is 1590. The predicted molar refractivity (Wildman–Crippen MR) is 167 cm³/mol. The van der Waals surface area contributed by atoms with Crippen LogP contribution in [0.4, 0.5) is 11.4 Å². The van der Waals surface area contributed by atoms with Crippen LogP contribution < -0.4 is 15.5 Å². The van der Waals surface area contributed by atoms with Gasteiger partial charge in [0.1, 0.15) is 0 Å². The van der Waals surface area contributed by atoms with Gasteiger partial charge in [-0.3, -0.25) is 9.78 Å². The first kappa shape index (κ1) is 27.6. The number of hydrogen-bond acceptors (Lipinski definition) is 3. The van der Waals surface area contributed by atoms with E-state index in [4.69, 9.17) is 17.2 Å². The van der Waals surface area contributed by atoms with Crippen molar-refractivity contribution in [3.63, 3.8) is 0 Å². The Labute approximate surface area is 242 Å². The van der Waals surface area contributed by atoms with E-state index in [0.717, 1.165) is 22.6 Å². The van der Waals surface area contributed by atoms with Crippen LogP contribution in [0.5, 0.6) is 0 Å². The molecule has 7 heteroatoms. The lowest BCUT2D eigenvalue weighted by molar-refractivity contribution is -0.118. The van der Waals surface area contributed by atoms with E-state index in [1.807, 2.05) is 51.2 Å². The molecule has 1 aliphatic heterocycles. The number of hydrogen-bond donors (Lipinski definition) is 2. The maximum Gasteiger partial charge on any atom is 0.226 e. The first-order valence-electron chi connectivity index (χ1n) is 13.8. The van der Waals surface area contributed by atoms with Crippen molar-refractivity contribution >= 4 is 34.6 Å². The maximum absolute atomic E-state index is 12.4. The normalized spacial score (nSPS) is 16.9. The number of carbonyl (C=O) groups is 1. The molecule has 0 unspecified atom stereocenters. The molecular formula is C33H37N5OS. The van der Waals surface area contributed by atoms with Gasteiger partial charge in [-0.25, -0.2) is 0 Å². The lowest BCUT2D eigenvalue weighted by Gasteiger charge is -2.29. The first-order chi connectivity index (χ1) is 19.1. The Morgan fingerprint density at radius 2 is 1.75 bits per heavy atom. The summed E-state index contributed by atoms with van der Waals surface area (Å²) in [6.45, 7) is 14.5. The molecule has 1 amide bonds. The highest BCUT2D eigenvalue weighted by Crippen LogP contribution is 2.44. The Hall–Kier alpha value is -3.97. The van der Waals surface area contributed by atoms with E-state index in [1.165, 1.54) is 33.8 Å². The third-order valence-corrected chi connectivity index (χ3v) is 8.29. The molecule has 0 saturated carbocycles. The number of rotatable bonds is 6. The van der Waals surface area contributed by atoms with E-state index >= 15 is 0 Å². The summed E-state index contributed by atoms with van der Waals surface area (Å²) in [7, 11) is 0. The SMILES string of the molecule is Cc1cc(N2C(=S)N[C@@H](c3ccccn3)[C@H]2c2cc(C)n(-c3cccc(C)c3C)c2C)ccc1NC(=O)C(C)C. The minimum absolute atomic E-state index is 0.00110. The number of benzene rings is 2. The minimum atomic E-state index is -0.137. The van der Waals surface area contributed by atoms with Gasteiger partial charge in [-0.15, -0.1) is 0 Å². The predicted octanol–water partition coefficient (Wildman–Crippen LogP) is 7.19. The highest BCUT2D eigenvalue weighted by atomic mass is 32.1. The van der Waals surface area contributed by atoms with Crippen molar-refractivity contribution in [1.29, 1.82) is 0 Å². The summed E-state index contributed by atoms with van der Waals surface area (Å²) in [4.78, 5) is 19.3. The average Bonchev–Trinajstić information content (AvgIpc) is 3.42. The van der Waals surface area contributed by atoms with Gasteiger partial charge in [0, 0.05) is 40.6 Å². The summed E-state index contributed by atoms with van der Waals surface area (Å²) in [5.41, 5.74) is 11.0. The zero-order valence-corrected chi connectivity index (χ0v) is 25.1.